The number of Topliss-reactive ketones (excluding diaryl/α,β-unsaturated/α-hetero) is 1. The number of anilines is 1. The summed E-state index contributed by atoms with van der Waals surface area (Å²) in [7, 11) is 0. The van der Waals surface area contributed by atoms with Gasteiger partial charge in [0.2, 0.25) is 0 Å². The van der Waals surface area contributed by atoms with E-state index in [9.17, 15) is 4.79 Å². The fourth-order valence-corrected chi connectivity index (χ4v) is 6.47. The van der Waals surface area contributed by atoms with Crippen LogP contribution in [0, 0.1) is 6.92 Å². The van der Waals surface area contributed by atoms with Crippen molar-refractivity contribution in [2.45, 2.75) is 65.6 Å². The third-order valence-corrected chi connectivity index (χ3v) is 8.95. The molecule has 7 heteroatoms. The third-order valence-electron chi connectivity index (χ3n) is 7.80. The minimum atomic E-state index is -0.689. The number of fused-ring (bicyclic) bond motifs is 1. The van der Waals surface area contributed by atoms with Crippen molar-refractivity contribution < 1.29 is 14.3 Å². The van der Waals surface area contributed by atoms with Crippen LogP contribution in [0.2, 0.25) is 0 Å². The van der Waals surface area contributed by atoms with Gasteiger partial charge in [-0.25, -0.2) is 4.98 Å². The van der Waals surface area contributed by atoms with E-state index in [1.807, 2.05) is 20.0 Å². The van der Waals surface area contributed by atoms with Crippen LogP contribution in [0.4, 0.5) is 5.13 Å². The predicted molar refractivity (Wildman–Crippen MR) is 150 cm³/mol. The molecular weight excluding hydrogens is 482 g/mol. The van der Waals surface area contributed by atoms with Gasteiger partial charge >= 0.3 is 0 Å². The molecule has 6 nitrogen and oxygen atoms in total. The summed E-state index contributed by atoms with van der Waals surface area (Å²) in [5.74, 6) is 0.868. The van der Waals surface area contributed by atoms with Crippen LogP contribution >= 0.6 is 11.3 Å². The lowest BCUT2D eigenvalue weighted by Gasteiger charge is -2.31. The molecule has 6 rings (SSSR count). The van der Waals surface area contributed by atoms with Crippen LogP contribution in [0.5, 0.6) is 5.75 Å². The van der Waals surface area contributed by atoms with Crippen molar-refractivity contribution in [2.75, 3.05) is 24.6 Å². The highest BCUT2D eigenvalue weighted by Gasteiger charge is 2.33. The largest absolute Gasteiger partial charge is 0.493 e. The van der Waals surface area contributed by atoms with Crippen LogP contribution in [-0.4, -0.2) is 41.0 Å². The standard InChI is InChI=1S/C30H33N3O3S/c1-6-30(4,5)36-27(18(3)34)23-17(2)16-21-28(37-29(32-21)33-13-7-14-33)25(23)20-8-9-22-24-19(11-15-35-22)10-12-31-26(20)24/h8-10,12,16,27H,6-7,11,13-15H2,1-5H3/t27-/m1/s1. The van der Waals surface area contributed by atoms with Crippen molar-refractivity contribution >= 4 is 43.4 Å². The zero-order valence-corrected chi connectivity index (χ0v) is 23.0. The highest BCUT2D eigenvalue weighted by Crippen LogP contribution is 2.48. The molecule has 0 amide bonds. The molecule has 2 aromatic heterocycles. The fourth-order valence-electron chi connectivity index (χ4n) is 5.30. The molecule has 0 spiro atoms. The monoisotopic (exact) mass is 515 g/mol. The van der Waals surface area contributed by atoms with E-state index in [1.165, 1.54) is 12.0 Å². The second kappa shape index (κ2) is 9.07. The third kappa shape index (κ3) is 4.09. The van der Waals surface area contributed by atoms with Crippen molar-refractivity contribution in [2.24, 2.45) is 0 Å². The quantitative estimate of drug-likeness (QED) is 0.270. The first-order chi connectivity index (χ1) is 17.8. The molecule has 0 radical (unpaired) electrons. The summed E-state index contributed by atoms with van der Waals surface area (Å²) in [6.07, 6.45) is 4.05. The van der Waals surface area contributed by atoms with Crippen LogP contribution < -0.4 is 9.64 Å². The van der Waals surface area contributed by atoms with Gasteiger partial charge in [-0.15, -0.1) is 0 Å². The Morgan fingerprint density at radius 3 is 2.78 bits per heavy atom. The number of hydrogen-bond acceptors (Lipinski definition) is 7. The molecule has 192 valence electrons. The summed E-state index contributed by atoms with van der Waals surface area (Å²) in [5, 5.41) is 2.10. The van der Waals surface area contributed by atoms with E-state index in [0.29, 0.717) is 6.61 Å². The lowest BCUT2D eigenvalue weighted by molar-refractivity contribution is -0.141. The number of aryl methyl sites for hydroxylation is 1. The summed E-state index contributed by atoms with van der Waals surface area (Å²) < 4.78 is 13.7. The van der Waals surface area contributed by atoms with Gasteiger partial charge in [0.05, 0.1) is 27.9 Å². The number of thiazole rings is 1. The Balaban J connectivity index is 1.68. The topological polar surface area (TPSA) is 64.5 Å². The second-order valence-corrected chi connectivity index (χ2v) is 11.8. The number of hydrogen-bond donors (Lipinski definition) is 0. The Kier molecular flexibility index (Phi) is 5.96. The van der Waals surface area contributed by atoms with Crippen molar-refractivity contribution in [1.29, 1.82) is 0 Å². The molecule has 4 heterocycles. The van der Waals surface area contributed by atoms with Crippen molar-refractivity contribution in [3.05, 3.63) is 47.2 Å². The van der Waals surface area contributed by atoms with Gasteiger partial charge in [0, 0.05) is 47.8 Å². The van der Waals surface area contributed by atoms with Crippen LogP contribution in [0.1, 0.15) is 63.3 Å². The Morgan fingerprint density at radius 1 is 1.27 bits per heavy atom. The van der Waals surface area contributed by atoms with Crippen molar-refractivity contribution in [3.8, 4) is 16.9 Å². The summed E-state index contributed by atoms with van der Waals surface area (Å²) in [6.45, 7) is 12.6. The number of pyridine rings is 1. The molecular formula is C30H33N3O3S. The van der Waals surface area contributed by atoms with Gasteiger partial charge in [0.15, 0.2) is 10.9 Å². The molecule has 1 saturated heterocycles. The maximum absolute atomic E-state index is 13.2. The Bertz CT molecular complexity index is 1530. The van der Waals surface area contributed by atoms with Gasteiger partial charge in [-0.1, -0.05) is 18.3 Å². The molecule has 0 unspecified atom stereocenters. The van der Waals surface area contributed by atoms with E-state index in [0.717, 1.165) is 80.2 Å². The maximum Gasteiger partial charge on any atom is 0.186 e. The molecule has 4 aromatic rings. The first-order valence-electron chi connectivity index (χ1n) is 13.2. The van der Waals surface area contributed by atoms with E-state index < -0.39 is 11.7 Å². The van der Waals surface area contributed by atoms with Gasteiger partial charge in [-0.2, -0.15) is 0 Å². The normalized spacial score (nSPS) is 16.1. The minimum Gasteiger partial charge on any atom is -0.493 e. The number of ether oxygens (including phenoxy) is 2. The van der Waals surface area contributed by atoms with Gasteiger partial charge in [-0.05, 0) is 75.9 Å². The van der Waals surface area contributed by atoms with E-state index in [1.54, 1.807) is 18.3 Å². The fraction of sp³-hybridized carbons (Fsp3) is 0.433. The van der Waals surface area contributed by atoms with Crippen LogP contribution in [0.15, 0.2) is 30.5 Å². The smallest absolute Gasteiger partial charge is 0.186 e. The van der Waals surface area contributed by atoms with Gasteiger partial charge < -0.3 is 14.4 Å². The molecule has 1 atom stereocenters. The molecule has 1 fully saturated rings. The number of rotatable bonds is 7. The molecule has 0 N–H and O–H groups in total. The van der Waals surface area contributed by atoms with Crippen molar-refractivity contribution in [1.82, 2.24) is 9.97 Å². The highest BCUT2D eigenvalue weighted by molar-refractivity contribution is 7.22. The summed E-state index contributed by atoms with van der Waals surface area (Å²) in [6, 6.07) is 8.36. The summed E-state index contributed by atoms with van der Waals surface area (Å²) in [4.78, 5) is 25.5. The molecule has 2 aliphatic heterocycles. The molecule has 0 aliphatic carbocycles. The van der Waals surface area contributed by atoms with Gasteiger partial charge in [0.25, 0.3) is 0 Å². The highest BCUT2D eigenvalue weighted by atomic mass is 32.1. The number of carbonyl (C=O) groups excluding carboxylic acids is 1. The second-order valence-electron chi connectivity index (χ2n) is 10.8. The summed E-state index contributed by atoms with van der Waals surface area (Å²) in [5.41, 5.74) is 6.58. The number of ketones is 1. The Morgan fingerprint density at radius 2 is 2.08 bits per heavy atom. The lowest BCUT2D eigenvalue weighted by Crippen LogP contribution is -2.36. The van der Waals surface area contributed by atoms with Gasteiger partial charge in [-0.3, -0.25) is 9.78 Å². The van der Waals surface area contributed by atoms with Crippen LogP contribution in [-0.2, 0) is 16.0 Å². The average Bonchev–Trinajstić information content (AvgIpc) is 3.24. The summed E-state index contributed by atoms with van der Waals surface area (Å²) >= 11 is 1.70. The zero-order valence-electron chi connectivity index (χ0n) is 22.2. The predicted octanol–water partition coefficient (Wildman–Crippen LogP) is 6.80. The zero-order chi connectivity index (χ0) is 25.9. The molecule has 37 heavy (non-hydrogen) atoms. The molecule has 2 aromatic carbocycles. The maximum atomic E-state index is 13.2. The SMILES string of the molecule is CCC(C)(C)O[C@H](C(C)=O)c1c(C)cc2nc(N3CCC3)sc2c1-c1ccc2c3c(ccnc13)CCO2. The van der Waals surface area contributed by atoms with E-state index in [-0.39, 0.29) is 5.78 Å². The number of nitrogens with zero attached hydrogens (tertiary/aromatic N) is 3. The number of carbonyl (C=O) groups is 1. The van der Waals surface area contributed by atoms with Gasteiger partial charge in [0.1, 0.15) is 11.9 Å². The van der Waals surface area contributed by atoms with E-state index >= 15 is 0 Å². The number of benzene rings is 2. The molecule has 0 saturated carbocycles. The van der Waals surface area contributed by atoms with E-state index in [4.69, 9.17) is 19.4 Å². The first kappa shape index (κ1) is 24.3. The van der Waals surface area contributed by atoms with Crippen molar-refractivity contribution in [3.63, 3.8) is 0 Å². The minimum absolute atomic E-state index is 0.00303. The average molecular weight is 516 g/mol. The Hall–Kier alpha value is -3.03. The van der Waals surface area contributed by atoms with E-state index in [2.05, 4.69) is 43.0 Å². The molecule has 0 bridgehead atoms. The Labute approximate surface area is 221 Å². The van der Waals surface area contributed by atoms with Crippen LogP contribution in [0.25, 0.3) is 32.2 Å². The molecule has 2 aliphatic rings. The number of aromatic nitrogens is 2. The first-order valence-corrected chi connectivity index (χ1v) is 14.0. The lowest BCUT2D eigenvalue weighted by atomic mass is 9.88. The van der Waals surface area contributed by atoms with Crippen LogP contribution in [0.3, 0.4) is 0 Å².